The van der Waals surface area contributed by atoms with Crippen molar-refractivity contribution in [2.45, 2.75) is 78.1 Å². The summed E-state index contributed by atoms with van der Waals surface area (Å²) in [7, 11) is -4.48. The highest BCUT2D eigenvalue weighted by atomic mass is 32.3. The standard InChI is InChI=1S/C12H26O4S.C2H4O2.2H3N/c1-2-3-4-5-6-7-8-9-10-11-12-16-17(13,14)15;1-2(3)4;;/h2-12H2,1H3,(H,13,14,15);1H3,(H,3,4);2*1H3. The molecule has 8 N–H and O–H groups in total. The predicted molar refractivity (Wildman–Crippen MR) is 90.1 cm³/mol. The molecule has 0 aromatic carbocycles. The number of rotatable bonds is 12. The van der Waals surface area contributed by atoms with Crippen molar-refractivity contribution in [2.75, 3.05) is 6.61 Å². The Labute approximate surface area is 141 Å². The molecule has 0 aromatic rings. The molecule has 0 aliphatic carbocycles. The van der Waals surface area contributed by atoms with Crippen molar-refractivity contribution in [1.82, 2.24) is 12.3 Å². The van der Waals surface area contributed by atoms with Gasteiger partial charge in [0.15, 0.2) is 0 Å². The van der Waals surface area contributed by atoms with Crippen LogP contribution in [0, 0.1) is 0 Å². The maximum atomic E-state index is 10.1. The van der Waals surface area contributed by atoms with Gasteiger partial charge in [-0.25, -0.2) is 8.42 Å². The zero-order valence-corrected chi connectivity index (χ0v) is 16.0. The summed E-state index contributed by atoms with van der Waals surface area (Å²) < 4.78 is 34.5. The van der Waals surface area contributed by atoms with Crippen molar-refractivity contribution in [3.8, 4) is 0 Å². The summed E-state index contributed by atoms with van der Waals surface area (Å²) >= 11 is 0. The number of carboxylic acids is 1. The van der Waals surface area contributed by atoms with E-state index in [0.717, 1.165) is 19.8 Å². The van der Waals surface area contributed by atoms with E-state index in [0.29, 0.717) is 6.42 Å². The van der Waals surface area contributed by atoms with Gasteiger partial charge in [-0.2, -0.15) is 0 Å². The summed E-state index contributed by atoms with van der Waals surface area (Å²) in [6, 6.07) is 0. The fraction of sp³-hybridized carbons (Fsp3) is 0.929. The lowest BCUT2D eigenvalue weighted by Gasteiger charge is -2.06. The first-order valence-electron chi connectivity index (χ1n) is 7.57. The average Bonchev–Trinajstić information content (AvgIpc) is 2.34. The summed E-state index contributed by atoms with van der Waals surface area (Å²) in [6.45, 7) is 3.21. The van der Waals surface area contributed by atoms with E-state index in [4.69, 9.17) is 9.90 Å². The van der Waals surface area contributed by atoms with E-state index in [1.54, 1.807) is 0 Å². The second kappa shape index (κ2) is 21.3. The van der Waals surface area contributed by atoms with Crippen LogP contribution in [0.15, 0.2) is 0 Å². The topological polar surface area (TPSA) is 180 Å². The molecule has 9 heteroatoms. The van der Waals surface area contributed by atoms with Gasteiger partial charge in [0.05, 0.1) is 6.61 Å². The molecule has 0 unspecified atom stereocenters. The zero-order chi connectivity index (χ0) is 16.6. The van der Waals surface area contributed by atoms with Crippen LogP contribution < -0.4 is 17.4 Å². The van der Waals surface area contributed by atoms with Gasteiger partial charge >= 0.3 is 0 Å². The van der Waals surface area contributed by atoms with Crippen LogP contribution in [0.1, 0.15) is 78.1 Å². The lowest BCUT2D eigenvalue weighted by atomic mass is 10.1. The largest absolute Gasteiger partial charge is 0.726 e. The third-order valence-corrected chi connectivity index (χ3v) is 3.18. The molecular weight excluding hydrogens is 324 g/mol. The molecule has 0 amide bonds. The van der Waals surface area contributed by atoms with E-state index >= 15 is 0 Å². The molecule has 0 fully saturated rings. The maximum absolute atomic E-state index is 10.1. The average molecular weight is 361 g/mol. The minimum absolute atomic E-state index is 0. The van der Waals surface area contributed by atoms with Crippen molar-refractivity contribution >= 4 is 16.4 Å². The molecule has 0 rings (SSSR count). The fourth-order valence-electron chi connectivity index (χ4n) is 1.75. The van der Waals surface area contributed by atoms with E-state index in [9.17, 15) is 13.0 Å². The molecule has 0 heterocycles. The number of unbranched alkanes of at least 4 members (excludes halogenated alkanes) is 9. The Balaban J connectivity index is -0.000000268. The molecular formula is C14H36N2O6S. The lowest BCUT2D eigenvalue weighted by Crippen LogP contribution is -2.16. The molecule has 144 valence electrons. The summed E-state index contributed by atoms with van der Waals surface area (Å²) in [5.74, 6) is -1.08. The highest BCUT2D eigenvalue weighted by molar-refractivity contribution is 7.80. The number of hydrogen-bond acceptors (Lipinski definition) is 6. The zero-order valence-electron chi connectivity index (χ0n) is 15.1. The minimum Gasteiger partial charge on any atom is -0.726 e. The molecule has 0 saturated heterocycles. The van der Waals surface area contributed by atoms with Crippen LogP contribution in [0.4, 0.5) is 0 Å². The summed E-state index contributed by atoms with van der Waals surface area (Å²) in [6.07, 6.45) is 11.7. The van der Waals surface area contributed by atoms with E-state index in [2.05, 4.69) is 11.1 Å². The molecule has 0 aliphatic rings. The Morgan fingerprint density at radius 1 is 0.870 bits per heavy atom. The van der Waals surface area contributed by atoms with Gasteiger partial charge < -0.3 is 26.8 Å². The van der Waals surface area contributed by atoms with Crippen LogP contribution in [0.2, 0.25) is 0 Å². The van der Waals surface area contributed by atoms with E-state index in [1.165, 1.54) is 44.9 Å². The Morgan fingerprint density at radius 2 is 1.17 bits per heavy atom. The first-order valence-corrected chi connectivity index (χ1v) is 8.90. The van der Waals surface area contributed by atoms with Gasteiger partial charge in [0.1, 0.15) is 0 Å². The van der Waals surface area contributed by atoms with Crippen molar-refractivity contribution in [3.05, 3.63) is 0 Å². The summed E-state index contributed by atoms with van der Waals surface area (Å²) in [5, 5.41) is 8.89. The van der Waals surface area contributed by atoms with Gasteiger partial charge in [-0.05, 0) is 13.3 Å². The van der Waals surface area contributed by atoms with Gasteiger partial charge in [-0.15, -0.1) is 0 Å². The quantitative estimate of drug-likeness (QED) is 0.306. The van der Waals surface area contributed by atoms with E-state index < -0.39 is 16.4 Å². The van der Waals surface area contributed by atoms with Crippen LogP contribution in [0.3, 0.4) is 0 Å². The number of aliphatic carboxylic acids is 1. The molecule has 8 nitrogen and oxygen atoms in total. The maximum Gasteiger partial charge on any atom is 0.217 e. The Kier molecular flexibility index (Phi) is 27.9. The molecule has 0 aromatic heterocycles. The first-order chi connectivity index (χ1) is 9.79. The van der Waals surface area contributed by atoms with Gasteiger partial charge in [0.25, 0.3) is 0 Å². The fourth-order valence-corrected chi connectivity index (χ4v) is 2.07. The van der Waals surface area contributed by atoms with Crippen molar-refractivity contribution in [2.24, 2.45) is 0 Å². The Bertz CT molecular complexity index is 332. The molecule has 0 aliphatic heterocycles. The second-order valence-electron chi connectivity index (χ2n) is 4.90. The number of carboxylic acid groups (broad SMARTS) is 1. The SMILES string of the molecule is CC(=O)[O-].CCCCCCCCCCCCOS(=O)(=O)[O-].[NH4+].[NH4+]. The van der Waals surface area contributed by atoms with Crippen LogP contribution in [-0.2, 0) is 19.4 Å². The Hall–Kier alpha value is -0.740. The third kappa shape index (κ3) is 44.9. The van der Waals surface area contributed by atoms with Gasteiger partial charge in [-0.1, -0.05) is 64.7 Å². The number of hydrogen-bond donors (Lipinski definition) is 2. The van der Waals surface area contributed by atoms with Gasteiger partial charge in [-0.3, -0.25) is 4.18 Å². The normalized spacial score (nSPS) is 9.87. The highest BCUT2D eigenvalue weighted by Gasteiger charge is 1.95. The summed E-state index contributed by atoms with van der Waals surface area (Å²) in [5.41, 5.74) is 0. The first kappa shape index (κ1) is 30.2. The smallest absolute Gasteiger partial charge is 0.217 e. The molecule has 0 saturated carbocycles. The molecule has 0 atom stereocenters. The third-order valence-electron chi connectivity index (χ3n) is 2.73. The van der Waals surface area contributed by atoms with Gasteiger partial charge in [0, 0.05) is 5.97 Å². The molecule has 0 bridgehead atoms. The van der Waals surface area contributed by atoms with Crippen molar-refractivity contribution in [3.63, 3.8) is 0 Å². The van der Waals surface area contributed by atoms with E-state index in [-0.39, 0.29) is 18.9 Å². The minimum atomic E-state index is -4.48. The second-order valence-corrected chi connectivity index (χ2v) is 5.96. The van der Waals surface area contributed by atoms with Crippen LogP contribution in [0.25, 0.3) is 0 Å². The number of quaternary nitrogens is 2. The monoisotopic (exact) mass is 360 g/mol. The van der Waals surface area contributed by atoms with Gasteiger partial charge in [0.2, 0.25) is 10.4 Å². The Morgan fingerprint density at radius 3 is 1.48 bits per heavy atom. The number of carbonyl (C=O) groups excluding carboxylic acids is 1. The molecule has 0 spiro atoms. The predicted octanol–water partition coefficient (Wildman–Crippen LogP) is 2.89. The highest BCUT2D eigenvalue weighted by Crippen LogP contribution is 2.10. The number of carbonyl (C=O) groups is 1. The van der Waals surface area contributed by atoms with Crippen LogP contribution in [0.5, 0.6) is 0 Å². The lowest BCUT2D eigenvalue weighted by molar-refractivity contribution is -0.302. The van der Waals surface area contributed by atoms with Crippen LogP contribution >= 0.6 is 0 Å². The van der Waals surface area contributed by atoms with Crippen molar-refractivity contribution in [1.29, 1.82) is 0 Å². The van der Waals surface area contributed by atoms with E-state index in [1.807, 2.05) is 0 Å². The van der Waals surface area contributed by atoms with Crippen molar-refractivity contribution < 1.29 is 27.1 Å². The van der Waals surface area contributed by atoms with Crippen LogP contribution in [-0.4, -0.2) is 25.5 Å². The summed E-state index contributed by atoms with van der Waals surface area (Å²) in [4.78, 5) is 8.89. The molecule has 23 heavy (non-hydrogen) atoms. The molecule has 0 radical (unpaired) electrons.